The topological polar surface area (TPSA) is 94.1 Å². The molecule has 8 heteroatoms. The number of nitro benzene ring substituents is 1. The summed E-state index contributed by atoms with van der Waals surface area (Å²) in [5.74, 6) is 0.563. The summed E-state index contributed by atoms with van der Waals surface area (Å²) in [7, 11) is 0. The highest BCUT2D eigenvalue weighted by Crippen LogP contribution is 2.22. The number of benzene rings is 1. The molecule has 0 saturated carbocycles. The first-order chi connectivity index (χ1) is 8.66. The van der Waals surface area contributed by atoms with Crippen LogP contribution in [0, 0.1) is 10.1 Å². The van der Waals surface area contributed by atoms with Crippen LogP contribution in [0.4, 0.5) is 5.69 Å². The standard InChI is InChI=1S/C10H9BrN4O3/c11-9-3-8(15(16)17)2-1-7(9)4-12-5-10-13-6-18-14-10/h1-3,6,12H,4-5H2. The van der Waals surface area contributed by atoms with E-state index >= 15 is 0 Å². The van der Waals surface area contributed by atoms with E-state index in [1.807, 2.05) is 0 Å². The van der Waals surface area contributed by atoms with E-state index in [-0.39, 0.29) is 5.69 Å². The quantitative estimate of drug-likeness (QED) is 0.670. The Hall–Kier alpha value is -1.80. The Morgan fingerprint density at radius 1 is 1.44 bits per heavy atom. The zero-order valence-corrected chi connectivity index (χ0v) is 10.8. The molecule has 0 saturated heterocycles. The van der Waals surface area contributed by atoms with Crippen molar-refractivity contribution in [3.05, 3.63) is 50.6 Å². The van der Waals surface area contributed by atoms with Gasteiger partial charge in [0.1, 0.15) is 0 Å². The zero-order valence-electron chi connectivity index (χ0n) is 9.17. The van der Waals surface area contributed by atoms with Crippen LogP contribution in [0.3, 0.4) is 0 Å². The van der Waals surface area contributed by atoms with Crippen LogP contribution in [0.15, 0.2) is 33.6 Å². The van der Waals surface area contributed by atoms with Crippen LogP contribution in [0.5, 0.6) is 0 Å². The molecule has 0 radical (unpaired) electrons. The van der Waals surface area contributed by atoms with E-state index in [9.17, 15) is 10.1 Å². The Morgan fingerprint density at radius 2 is 2.28 bits per heavy atom. The summed E-state index contributed by atoms with van der Waals surface area (Å²) in [6.45, 7) is 1.02. The fourth-order valence-corrected chi connectivity index (χ4v) is 1.88. The van der Waals surface area contributed by atoms with Gasteiger partial charge in [0.05, 0.1) is 11.5 Å². The van der Waals surface area contributed by atoms with Crippen molar-refractivity contribution < 1.29 is 9.45 Å². The first-order valence-corrected chi connectivity index (χ1v) is 5.85. The third-order valence-electron chi connectivity index (χ3n) is 2.25. The largest absolute Gasteiger partial charge is 0.343 e. The van der Waals surface area contributed by atoms with E-state index in [1.54, 1.807) is 6.07 Å². The second-order valence-corrected chi connectivity index (χ2v) is 4.34. The number of aromatic nitrogens is 2. The highest BCUT2D eigenvalue weighted by atomic mass is 79.9. The number of halogens is 1. The minimum absolute atomic E-state index is 0.0591. The summed E-state index contributed by atoms with van der Waals surface area (Å²) in [4.78, 5) is 14.0. The van der Waals surface area contributed by atoms with Gasteiger partial charge in [-0.05, 0) is 11.6 Å². The van der Waals surface area contributed by atoms with Gasteiger partial charge in [-0.2, -0.15) is 4.98 Å². The molecule has 0 aliphatic rings. The molecule has 1 aromatic heterocycles. The molecule has 0 atom stereocenters. The lowest BCUT2D eigenvalue weighted by Gasteiger charge is -2.04. The SMILES string of the molecule is O=[N+]([O-])c1ccc(CNCc2ncon2)c(Br)c1. The van der Waals surface area contributed by atoms with Gasteiger partial charge in [0.2, 0.25) is 6.39 Å². The molecular formula is C10H9BrN4O3. The lowest BCUT2D eigenvalue weighted by atomic mass is 10.2. The Labute approximate surface area is 110 Å². The molecule has 7 nitrogen and oxygen atoms in total. The lowest BCUT2D eigenvalue weighted by Crippen LogP contribution is -2.14. The van der Waals surface area contributed by atoms with Gasteiger partial charge in [-0.15, -0.1) is 0 Å². The highest BCUT2D eigenvalue weighted by molar-refractivity contribution is 9.10. The molecular weight excluding hydrogens is 304 g/mol. The van der Waals surface area contributed by atoms with Crippen LogP contribution in [0.25, 0.3) is 0 Å². The van der Waals surface area contributed by atoms with Gasteiger partial charge in [0.25, 0.3) is 5.69 Å². The number of hydrogen-bond acceptors (Lipinski definition) is 6. The van der Waals surface area contributed by atoms with Gasteiger partial charge < -0.3 is 9.84 Å². The molecule has 0 aliphatic heterocycles. The number of rotatable bonds is 5. The summed E-state index contributed by atoms with van der Waals surface area (Å²) < 4.78 is 5.29. The molecule has 2 rings (SSSR count). The monoisotopic (exact) mass is 312 g/mol. The molecule has 1 heterocycles. The van der Waals surface area contributed by atoms with Crippen molar-refractivity contribution in [1.29, 1.82) is 0 Å². The Balaban J connectivity index is 1.95. The van der Waals surface area contributed by atoms with E-state index in [1.165, 1.54) is 18.5 Å². The molecule has 0 spiro atoms. The first-order valence-electron chi connectivity index (χ1n) is 5.05. The van der Waals surface area contributed by atoms with E-state index in [0.717, 1.165) is 5.56 Å². The van der Waals surface area contributed by atoms with Gasteiger partial charge in [-0.25, -0.2) is 0 Å². The van der Waals surface area contributed by atoms with Crippen molar-refractivity contribution in [2.75, 3.05) is 0 Å². The van der Waals surface area contributed by atoms with E-state index in [0.29, 0.717) is 23.4 Å². The Kier molecular flexibility index (Phi) is 4.00. The number of nitrogens with one attached hydrogen (secondary N) is 1. The maximum Gasteiger partial charge on any atom is 0.270 e. The van der Waals surface area contributed by atoms with Crippen molar-refractivity contribution in [1.82, 2.24) is 15.5 Å². The summed E-state index contributed by atoms with van der Waals surface area (Å²) in [6.07, 6.45) is 1.26. The molecule has 2 aromatic rings. The van der Waals surface area contributed by atoms with Crippen LogP contribution >= 0.6 is 15.9 Å². The molecule has 0 amide bonds. The Bertz CT molecular complexity index is 544. The van der Waals surface area contributed by atoms with Crippen molar-refractivity contribution in [3.8, 4) is 0 Å². The smallest absolute Gasteiger partial charge is 0.270 e. The third-order valence-corrected chi connectivity index (χ3v) is 2.99. The molecule has 1 N–H and O–H groups in total. The van der Waals surface area contributed by atoms with Gasteiger partial charge in [0.15, 0.2) is 5.82 Å². The van der Waals surface area contributed by atoms with E-state index < -0.39 is 4.92 Å². The first kappa shape index (κ1) is 12.7. The van der Waals surface area contributed by atoms with Crippen LogP contribution in [0.1, 0.15) is 11.4 Å². The molecule has 0 unspecified atom stereocenters. The average molecular weight is 313 g/mol. The second kappa shape index (κ2) is 5.69. The molecule has 0 aliphatic carbocycles. The molecule has 1 aromatic carbocycles. The number of nitrogens with zero attached hydrogens (tertiary/aromatic N) is 3. The highest BCUT2D eigenvalue weighted by Gasteiger charge is 2.08. The minimum Gasteiger partial charge on any atom is -0.343 e. The van der Waals surface area contributed by atoms with Gasteiger partial charge in [0, 0.05) is 23.2 Å². The third kappa shape index (κ3) is 3.11. The molecule has 18 heavy (non-hydrogen) atoms. The molecule has 0 fully saturated rings. The number of nitro groups is 1. The normalized spacial score (nSPS) is 10.5. The van der Waals surface area contributed by atoms with Crippen LogP contribution in [-0.4, -0.2) is 15.1 Å². The van der Waals surface area contributed by atoms with Gasteiger partial charge >= 0.3 is 0 Å². The maximum atomic E-state index is 10.6. The fraction of sp³-hybridized carbons (Fsp3) is 0.200. The second-order valence-electron chi connectivity index (χ2n) is 3.48. The number of hydrogen-bond donors (Lipinski definition) is 1. The predicted molar refractivity (Wildman–Crippen MR) is 65.6 cm³/mol. The fourth-order valence-electron chi connectivity index (χ4n) is 1.37. The predicted octanol–water partition coefficient (Wildman–Crippen LogP) is 2.03. The van der Waals surface area contributed by atoms with E-state index in [4.69, 9.17) is 0 Å². The Morgan fingerprint density at radius 3 is 2.89 bits per heavy atom. The average Bonchev–Trinajstić information content (AvgIpc) is 2.84. The molecule has 94 valence electrons. The van der Waals surface area contributed by atoms with Crippen molar-refractivity contribution in [2.45, 2.75) is 13.1 Å². The summed E-state index contributed by atoms with van der Waals surface area (Å²) in [5.41, 5.74) is 0.980. The van der Waals surface area contributed by atoms with Gasteiger partial charge in [-0.3, -0.25) is 10.1 Å². The lowest BCUT2D eigenvalue weighted by molar-refractivity contribution is -0.384. The van der Waals surface area contributed by atoms with Crippen LogP contribution < -0.4 is 5.32 Å². The maximum absolute atomic E-state index is 10.6. The van der Waals surface area contributed by atoms with Crippen molar-refractivity contribution in [2.24, 2.45) is 0 Å². The summed E-state index contributed by atoms with van der Waals surface area (Å²) in [6, 6.07) is 4.65. The van der Waals surface area contributed by atoms with Crippen LogP contribution in [0.2, 0.25) is 0 Å². The van der Waals surface area contributed by atoms with Crippen molar-refractivity contribution in [3.63, 3.8) is 0 Å². The summed E-state index contributed by atoms with van der Waals surface area (Å²) in [5, 5.41) is 17.3. The van der Waals surface area contributed by atoms with Gasteiger partial charge in [-0.1, -0.05) is 21.1 Å². The molecule has 0 bridgehead atoms. The van der Waals surface area contributed by atoms with Crippen LogP contribution in [-0.2, 0) is 13.1 Å². The number of non-ortho nitro benzene ring substituents is 1. The zero-order chi connectivity index (χ0) is 13.0. The summed E-state index contributed by atoms with van der Waals surface area (Å²) >= 11 is 3.30. The minimum atomic E-state index is -0.429. The van der Waals surface area contributed by atoms with E-state index in [2.05, 4.69) is 35.9 Å². The van der Waals surface area contributed by atoms with Crippen molar-refractivity contribution >= 4 is 21.6 Å².